The number of alkyl halides is 3. The van der Waals surface area contributed by atoms with Crippen LogP contribution in [0.4, 0.5) is 29.2 Å². The summed E-state index contributed by atoms with van der Waals surface area (Å²) in [5.41, 5.74) is 2.85. The summed E-state index contributed by atoms with van der Waals surface area (Å²) in [6, 6.07) is 12.3. The number of nitrogen functional groups attached to an aromatic ring is 1. The van der Waals surface area contributed by atoms with Crippen LogP contribution in [-0.2, 0) is 22.1 Å². The molecule has 1 saturated heterocycles. The van der Waals surface area contributed by atoms with E-state index in [9.17, 15) is 33.0 Å². The number of carbonyl (C=O) groups excluding carboxylic acids is 2. The Kier molecular flexibility index (Phi) is 8.02. The van der Waals surface area contributed by atoms with E-state index >= 15 is 4.39 Å². The van der Waals surface area contributed by atoms with Crippen LogP contribution in [-0.4, -0.2) is 73.3 Å². The summed E-state index contributed by atoms with van der Waals surface area (Å²) < 4.78 is 66.7. The molecule has 5 aromatic rings. The lowest BCUT2D eigenvalue weighted by molar-refractivity contribution is -0.157. The standard InChI is InChI=1S/C30H25F4N7O6/c31-20-14-41(17-7-8-36-23(12-17)30(32,33)34)38-26(20)40-9-10-46-24(28(40)44)29(45,15-37-27(43)18-3-1-2-4-21(18)42)13-16-5-6-19-22(11-16)47-39-25(19)35/h1-8,11-12,14,24,42,45H,9-10,13,15H2,(H2,35,39)(H,37,43)/t24-,29?/m0/s1. The number of phenols is 1. The van der Waals surface area contributed by atoms with Crippen LogP contribution in [0.25, 0.3) is 16.7 Å². The first kappa shape index (κ1) is 31.4. The number of hydrogen-bond donors (Lipinski definition) is 4. The highest BCUT2D eigenvalue weighted by Gasteiger charge is 2.48. The summed E-state index contributed by atoms with van der Waals surface area (Å²) >= 11 is 0. The molecule has 0 aliphatic carbocycles. The number of carbonyl (C=O) groups is 2. The maximum Gasteiger partial charge on any atom is 0.433 e. The van der Waals surface area contributed by atoms with Crippen LogP contribution < -0.4 is 16.0 Å². The molecule has 0 radical (unpaired) electrons. The average Bonchev–Trinajstić information content (AvgIpc) is 3.61. The molecule has 4 heterocycles. The van der Waals surface area contributed by atoms with Crippen molar-refractivity contribution < 1.29 is 46.6 Å². The second-order valence-corrected chi connectivity index (χ2v) is 10.8. The van der Waals surface area contributed by atoms with E-state index in [2.05, 4.69) is 20.6 Å². The minimum atomic E-state index is -4.76. The first-order valence-corrected chi connectivity index (χ1v) is 14.0. The average molecular weight is 656 g/mol. The number of morpholine rings is 1. The zero-order valence-electron chi connectivity index (χ0n) is 24.1. The Balaban J connectivity index is 1.31. The normalized spacial score (nSPS) is 16.7. The number of hydrogen-bond acceptors (Lipinski definition) is 10. The van der Waals surface area contributed by atoms with Crippen molar-refractivity contribution in [3.63, 3.8) is 0 Å². The van der Waals surface area contributed by atoms with Gasteiger partial charge >= 0.3 is 6.18 Å². The second-order valence-electron chi connectivity index (χ2n) is 10.8. The molecule has 1 aliphatic heterocycles. The Morgan fingerprint density at radius 3 is 2.70 bits per heavy atom. The van der Waals surface area contributed by atoms with Gasteiger partial charge in [0.1, 0.15) is 17.0 Å². The molecule has 3 aromatic heterocycles. The topological polar surface area (TPSA) is 182 Å². The summed E-state index contributed by atoms with van der Waals surface area (Å²) in [5.74, 6) is -3.43. The van der Waals surface area contributed by atoms with Gasteiger partial charge in [-0.15, -0.1) is 5.10 Å². The number of phenolic OH excluding ortho intramolecular Hbond substituents is 1. The lowest BCUT2D eigenvalue weighted by Crippen LogP contribution is -2.63. The van der Waals surface area contributed by atoms with Gasteiger partial charge in [-0.1, -0.05) is 23.4 Å². The van der Waals surface area contributed by atoms with E-state index in [4.69, 9.17) is 15.0 Å². The molecule has 2 aromatic carbocycles. The molecule has 1 fully saturated rings. The molecular weight excluding hydrogens is 630 g/mol. The van der Waals surface area contributed by atoms with Crippen molar-refractivity contribution in [2.24, 2.45) is 0 Å². The fourth-order valence-corrected chi connectivity index (χ4v) is 5.26. The number of anilines is 2. The quantitative estimate of drug-likeness (QED) is 0.182. The van der Waals surface area contributed by atoms with E-state index in [1.54, 1.807) is 12.1 Å². The van der Waals surface area contributed by atoms with Crippen LogP contribution >= 0.6 is 0 Å². The molecule has 0 spiro atoms. The molecule has 2 amide bonds. The van der Waals surface area contributed by atoms with Gasteiger partial charge in [0, 0.05) is 12.6 Å². The largest absolute Gasteiger partial charge is 0.507 e. The third kappa shape index (κ3) is 6.17. The zero-order chi connectivity index (χ0) is 33.5. The number of nitrogens with two attached hydrogens (primary N) is 1. The fourth-order valence-electron chi connectivity index (χ4n) is 5.26. The fraction of sp³-hybridized carbons (Fsp3) is 0.233. The van der Waals surface area contributed by atoms with E-state index in [0.29, 0.717) is 17.0 Å². The number of aromatic hydroxyl groups is 1. The number of amides is 2. The molecule has 1 aliphatic rings. The molecule has 17 heteroatoms. The molecule has 0 saturated carbocycles. The third-order valence-corrected chi connectivity index (χ3v) is 7.56. The van der Waals surface area contributed by atoms with Crippen LogP contribution in [0.5, 0.6) is 5.75 Å². The number of ether oxygens (including phenoxy) is 1. The molecule has 5 N–H and O–H groups in total. The highest BCUT2D eigenvalue weighted by atomic mass is 19.4. The highest BCUT2D eigenvalue weighted by Crippen LogP contribution is 2.32. The van der Waals surface area contributed by atoms with Crippen molar-refractivity contribution in [1.82, 2.24) is 25.2 Å². The van der Waals surface area contributed by atoms with Crippen LogP contribution in [0, 0.1) is 5.82 Å². The summed E-state index contributed by atoms with van der Waals surface area (Å²) in [6.07, 6.45) is -5.06. The molecule has 244 valence electrons. The van der Waals surface area contributed by atoms with Gasteiger partial charge in [-0.3, -0.25) is 19.5 Å². The van der Waals surface area contributed by atoms with Gasteiger partial charge in [-0.25, -0.2) is 9.07 Å². The zero-order valence-corrected chi connectivity index (χ0v) is 24.1. The lowest BCUT2D eigenvalue weighted by atomic mass is 9.86. The van der Waals surface area contributed by atoms with Gasteiger partial charge in [0.25, 0.3) is 11.8 Å². The van der Waals surface area contributed by atoms with E-state index in [0.717, 1.165) is 22.0 Å². The molecule has 2 atom stereocenters. The number of pyridine rings is 1. The van der Waals surface area contributed by atoms with E-state index in [1.165, 1.54) is 36.4 Å². The van der Waals surface area contributed by atoms with Crippen molar-refractivity contribution >= 4 is 34.4 Å². The van der Waals surface area contributed by atoms with E-state index in [-0.39, 0.29) is 48.0 Å². The SMILES string of the molecule is Nc1noc2cc(CC(O)(CNC(=O)c3ccccc3O)[C@H]3OCCN(c4nn(-c5ccnc(C(F)(F)F)c5)cc4F)C3=O)ccc12. The van der Waals surface area contributed by atoms with Crippen molar-refractivity contribution in [2.45, 2.75) is 24.3 Å². The van der Waals surface area contributed by atoms with Gasteiger partial charge < -0.3 is 30.5 Å². The van der Waals surface area contributed by atoms with Gasteiger partial charge in [0.2, 0.25) is 0 Å². The van der Waals surface area contributed by atoms with Crippen LogP contribution in [0.3, 0.4) is 0 Å². The smallest absolute Gasteiger partial charge is 0.433 e. The van der Waals surface area contributed by atoms with Gasteiger partial charge in [0.15, 0.2) is 29.1 Å². The molecular formula is C30H25F4N7O6. The minimum Gasteiger partial charge on any atom is -0.507 e. The minimum absolute atomic E-state index is 0.0941. The van der Waals surface area contributed by atoms with Crippen LogP contribution in [0.1, 0.15) is 21.6 Å². The Morgan fingerprint density at radius 1 is 1.15 bits per heavy atom. The van der Waals surface area contributed by atoms with Crippen LogP contribution in [0.15, 0.2) is 71.5 Å². The summed E-state index contributed by atoms with van der Waals surface area (Å²) in [7, 11) is 0. The van der Waals surface area contributed by atoms with Crippen molar-refractivity contribution in [2.75, 3.05) is 30.3 Å². The van der Waals surface area contributed by atoms with Crippen molar-refractivity contribution in [3.05, 3.63) is 89.6 Å². The lowest BCUT2D eigenvalue weighted by Gasteiger charge is -2.40. The van der Waals surface area contributed by atoms with Gasteiger partial charge in [-0.2, -0.15) is 13.2 Å². The number of fused-ring (bicyclic) bond motifs is 1. The number of aromatic nitrogens is 4. The molecule has 0 bridgehead atoms. The number of halogens is 4. The highest BCUT2D eigenvalue weighted by molar-refractivity contribution is 5.98. The Hall–Kier alpha value is -5.55. The first-order valence-electron chi connectivity index (χ1n) is 14.0. The number of rotatable bonds is 8. The Labute approximate surface area is 262 Å². The predicted molar refractivity (Wildman–Crippen MR) is 156 cm³/mol. The third-order valence-electron chi connectivity index (χ3n) is 7.56. The Morgan fingerprint density at radius 2 is 1.94 bits per heavy atom. The summed E-state index contributed by atoms with van der Waals surface area (Å²) in [6.45, 7) is -0.990. The first-order chi connectivity index (χ1) is 22.3. The molecule has 13 nitrogen and oxygen atoms in total. The maximum absolute atomic E-state index is 15.3. The maximum atomic E-state index is 15.3. The number of benzene rings is 2. The molecule has 1 unspecified atom stereocenters. The summed E-state index contributed by atoms with van der Waals surface area (Å²) in [4.78, 5) is 31.1. The number of para-hydroxylation sites is 1. The number of aliphatic hydroxyl groups is 1. The summed E-state index contributed by atoms with van der Waals surface area (Å²) in [5, 5.41) is 32.9. The number of nitrogens with one attached hydrogen (secondary N) is 1. The van der Waals surface area contributed by atoms with E-state index < -0.39 is 53.6 Å². The van der Waals surface area contributed by atoms with Crippen molar-refractivity contribution in [3.8, 4) is 11.4 Å². The number of nitrogens with zero attached hydrogens (tertiary/aromatic N) is 5. The second kappa shape index (κ2) is 12.0. The Bertz CT molecular complexity index is 1980. The predicted octanol–water partition coefficient (Wildman–Crippen LogP) is 2.99. The van der Waals surface area contributed by atoms with Gasteiger partial charge in [0.05, 0.1) is 42.5 Å². The van der Waals surface area contributed by atoms with E-state index in [1.807, 2.05) is 0 Å². The van der Waals surface area contributed by atoms with Crippen LogP contribution in [0.2, 0.25) is 0 Å². The van der Waals surface area contributed by atoms with Crippen molar-refractivity contribution in [1.29, 1.82) is 0 Å². The monoisotopic (exact) mass is 655 g/mol. The molecule has 47 heavy (non-hydrogen) atoms. The van der Waals surface area contributed by atoms with Gasteiger partial charge in [-0.05, 0) is 42.0 Å². The molecule has 6 rings (SSSR count).